The van der Waals surface area contributed by atoms with Crippen molar-refractivity contribution in [3.8, 4) is 0 Å². The van der Waals surface area contributed by atoms with E-state index in [1.165, 1.54) is 19.3 Å². The van der Waals surface area contributed by atoms with Crippen LogP contribution in [0.5, 0.6) is 0 Å². The Labute approximate surface area is 119 Å². The van der Waals surface area contributed by atoms with Gasteiger partial charge in [0.1, 0.15) is 0 Å². The normalized spacial score (nSPS) is 25.6. The van der Waals surface area contributed by atoms with Crippen LogP contribution in [0.25, 0.3) is 0 Å². The van der Waals surface area contributed by atoms with Crippen LogP contribution in [0.1, 0.15) is 44.9 Å². The smallest absolute Gasteiger partial charge is 0.334 e. The standard InChI is InChI=1S/C14H24N2O4/c17-13(18)12-10-16(8-9-20-12)14(19)15-11-6-4-2-1-3-5-7-11/h11-12H,1-10H2,(H,15,19)(H,17,18). The van der Waals surface area contributed by atoms with Crippen molar-refractivity contribution in [2.75, 3.05) is 19.7 Å². The molecule has 20 heavy (non-hydrogen) atoms. The summed E-state index contributed by atoms with van der Waals surface area (Å²) in [6.45, 7) is 0.880. The molecular weight excluding hydrogens is 260 g/mol. The molecule has 0 aromatic carbocycles. The van der Waals surface area contributed by atoms with Gasteiger partial charge in [-0.05, 0) is 12.8 Å². The Kier molecular flexibility index (Phi) is 5.64. The van der Waals surface area contributed by atoms with E-state index in [9.17, 15) is 9.59 Å². The van der Waals surface area contributed by atoms with Gasteiger partial charge in [0.25, 0.3) is 0 Å². The van der Waals surface area contributed by atoms with Crippen molar-refractivity contribution in [2.24, 2.45) is 0 Å². The van der Waals surface area contributed by atoms with E-state index in [0.29, 0.717) is 6.54 Å². The van der Waals surface area contributed by atoms with Gasteiger partial charge < -0.3 is 20.1 Å². The predicted octanol–water partition coefficient (Wildman–Crippen LogP) is 1.59. The number of carboxylic acid groups (broad SMARTS) is 1. The Morgan fingerprint density at radius 2 is 1.75 bits per heavy atom. The lowest BCUT2D eigenvalue weighted by atomic mass is 9.97. The van der Waals surface area contributed by atoms with Crippen LogP contribution < -0.4 is 5.32 Å². The number of urea groups is 1. The van der Waals surface area contributed by atoms with Crippen LogP contribution in [0, 0.1) is 0 Å². The fourth-order valence-electron chi connectivity index (χ4n) is 2.85. The summed E-state index contributed by atoms with van der Waals surface area (Å²) in [6.07, 6.45) is 7.25. The average Bonchev–Trinajstić information content (AvgIpc) is 2.41. The van der Waals surface area contributed by atoms with E-state index in [4.69, 9.17) is 9.84 Å². The lowest BCUT2D eigenvalue weighted by Crippen LogP contribution is -2.53. The van der Waals surface area contributed by atoms with Gasteiger partial charge in [0, 0.05) is 12.6 Å². The highest BCUT2D eigenvalue weighted by Gasteiger charge is 2.29. The van der Waals surface area contributed by atoms with Crippen molar-refractivity contribution in [1.82, 2.24) is 10.2 Å². The van der Waals surface area contributed by atoms with Crippen LogP contribution in [0.3, 0.4) is 0 Å². The number of ether oxygens (including phenoxy) is 1. The highest BCUT2D eigenvalue weighted by atomic mass is 16.5. The Morgan fingerprint density at radius 1 is 1.10 bits per heavy atom. The van der Waals surface area contributed by atoms with Gasteiger partial charge in [-0.3, -0.25) is 0 Å². The molecule has 0 aromatic heterocycles. The fourth-order valence-corrected chi connectivity index (χ4v) is 2.85. The van der Waals surface area contributed by atoms with E-state index in [1.54, 1.807) is 4.90 Å². The van der Waals surface area contributed by atoms with Gasteiger partial charge in [0.05, 0.1) is 13.2 Å². The average molecular weight is 284 g/mol. The van der Waals surface area contributed by atoms with Gasteiger partial charge >= 0.3 is 12.0 Å². The molecule has 0 bridgehead atoms. The molecule has 0 radical (unpaired) electrons. The largest absolute Gasteiger partial charge is 0.479 e. The Hall–Kier alpha value is -1.30. The minimum atomic E-state index is -1.01. The van der Waals surface area contributed by atoms with Crippen LogP contribution in [0.15, 0.2) is 0 Å². The molecule has 2 N–H and O–H groups in total. The van der Waals surface area contributed by atoms with Crippen molar-refractivity contribution >= 4 is 12.0 Å². The first kappa shape index (κ1) is 15.1. The molecule has 2 fully saturated rings. The molecule has 1 unspecified atom stereocenters. The first-order valence-corrected chi connectivity index (χ1v) is 7.56. The Morgan fingerprint density at radius 3 is 2.40 bits per heavy atom. The Bertz CT molecular complexity index is 340. The summed E-state index contributed by atoms with van der Waals surface area (Å²) in [6, 6.07) is 0.0825. The van der Waals surface area contributed by atoms with E-state index in [1.807, 2.05) is 0 Å². The SMILES string of the molecule is O=C(O)C1CN(C(=O)NC2CCCCCCC2)CCO1. The second-order valence-electron chi connectivity index (χ2n) is 5.64. The molecule has 6 nitrogen and oxygen atoms in total. The lowest BCUT2D eigenvalue weighted by molar-refractivity contribution is -0.154. The summed E-state index contributed by atoms with van der Waals surface area (Å²) in [7, 11) is 0. The fraction of sp³-hybridized carbons (Fsp3) is 0.857. The quantitative estimate of drug-likeness (QED) is 0.807. The van der Waals surface area contributed by atoms with Crippen LogP contribution in [0.4, 0.5) is 4.79 Å². The predicted molar refractivity (Wildman–Crippen MR) is 73.6 cm³/mol. The first-order valence-electron chi connectivity index (χ1n) is 7.56. The number of rotatable bonds is 2. The summed E-state index contributed by atoms with van der Waals surface area (Å²) >= 11 is 0. The monoisotopic (exact) mass is 284 g/mol. The number of carbonyl (C=O) groups excluding carboxylic acids is 1. The molecule has 2 amide bonds. The lowest BCUT2D eigenvalue weighted by Gasteiger charge is -2.32. The highest BCUT2D eigenvalue weighted by Crippen LogP contribution is 2.17. The molecule has 1 aliphatic heterocycles. The summed E-state index contributed by atoms with van der Waals surface area (Å²) in [4.78, 5) is 24.7. The zero-order valence-corrected chi connectivity index (χ0v) is 11.8. The molecule has 6 heteroatoms. The van der Waals surface area contributed by atoms with Gasteiger partial charge in [-0.2, -0.15) is 0 Å². The number of hydrogen-bond acceptors (Lipinski definition) is 3. The number of carboxylic acids is 1. The van der Waals surface area contributed by atoms with Gasteiger partial charge in [-0.25, -0.2) is 9.59 Å². The number of nitrogens with one attached hydrogen (secondary N) is 1. The summed E-state index contributed by atoms with van der Waals surface area (Å²) < 4.78 is 5.13. The van der Waals surface area contributed by atoms with E-state index in [-0.39, 0.29) is 25.2 Å². The number of nitrogens with zero attached hydrogens (tertiary/aromatic N) is 1. The minimum Gasteiger partial charge on any atom is -0.479 e. The molecule has 1 atom stereocenters. The molecule has 0 aromatic rings. The zero-order valence-electron chi connectivity index (χ0n) is 11.8. The Balaban J connectivity index is 1.82. The van der Waals surface area contributed by atoms with E-state index < -0.39 is 12.1 Å². The molecule has 1 saturated heterocycles. The van der Waals surface area contributed by atoms with Crippen molar-refractivity contribution in [3.05, 3.63) is 0 Å². The number of morpholine rings is 1. The summed E-state index contributed by atoms with van der Waals surface area (Å²) in [5, 5.41) is 12.0. The third-order valence-electron chi connectivity index (χ3n) is 4.06. The number of hydrogen-bond donors (Lipinski definition) is 2. The maximum Gasteiger partial charge on any atom is 0.334 e. The third-order valence-corrected chi connectivity index (χ3v) is 4.06. The number of carbonyl (C=O) groups is 2. The maximum atomic E-state index is 12.2. The van der Waals surface area contributed by atoms with Gasteiger partial charge in [0.2, 0.25) is 0 Å². The van der Waals surface area contributed by atoms with E-state index >= 15 is 0 Å². The molecule has 1 aliphatic carbocycles. The van der Waals surface area contributed by atoms with Crippen molar-refractivity contribution < 1.29 is 19.4 Å². The maximum absolute atomic E-state index is 12.2. The highest BCUT2D eigenvalue weighted by molar-refractivity contribution is 5.77. The molecular formula is C14H24N2O4. The van der Waals surface area contributed by atoms with E-state index in [0.717, 1.165) is 25.7 Å². The molecule has 1 saturated carbocycles. The third kappa shape index (κ3) is 4.37. The van der Waals surface area contributed by atoms with Crippen LogP contribution >= 0.6 is 0 Å². The van der Waals surface area contributed by atoms with Crippen LogP contribution in [-0.4, -0.2) is 53.8 Å². The van der Waals surface area contributed by atoms with E-state index in [2.05, 4.69) is 5.32 Å². The topological polar surface area (TPSA) is 78.9 Å². The number of amides is 2. The second-order valence-corrected chi connectivity index (χ2v) is 5.64. The molecule has 1 heterocycles. The molecule has 2 rings (SSSR count). The summed E-state index contributed by atoms with van der Waals surface area (Å²) in [5.41, 5.74) is 0. The molecule has 0 spiro atoms. The van der Waals surface area contributed by atoms with Gasteiger partial charge in [-0.1, -0.05) is 32.1 Å². The zero-order chi connectivity index (χ0) is 14.4. The van der Waals surface area contributed by atoms with Crippen molar-refractivity contribution in [1.29, 1.82) is 0 Å². The van der Waals surface area contributed by atoms with Crippen LogP contribution in [0.2, 0.25) is 0 Å². The van der Waals surface area contributed by atoms with Gasteiger partial charge in [0.15, 0.2) is 6.10 Å². The first-order chi connectivity index (χ1) is 9.66. The molecule has 114 valence electrons. The summed E-state index contributed by atoms with van der Waals surface area (Å²) in [5.74, 6) is -1.01. The molecule has 2 aliphatic rings. The van der Waals surface area contributed by atoms with Gasteiger partial charge in [-0.15, -0.1) is 0 Å². The van der Waals surface area contributed by atoms with Crippen molar-refractivity contribution in [2.45, 2.75) is 57.1 Å². The second kappa shape index (κ2) is 7.47. The van der Waals surface area contributed by atoms with Crippen molar-refractivity contribution in [3.63, 3.8) is 0 Å². The number of aliphatic carboxylic acids is 1. The van der Waals surface area contributed by atoms with Crippen LogP contribution in [-0.2, 0) is 9.53 Å². The minimum absolute atomic E-state index is 0.133.